The number of halogens is 1. The van der Waals surface area contributed by atoms with Crippen LogP contribution in [0.4, 0.5) is 0 Å². The number of aliphatic hydroxyl groups is 1. The second kappa shape index (κ2) is 5.10. The fourth-order valence-electron chi connectivity index (χ4n) is 2.14. The van der Waals surface area contributed by atoms with Crippen molar-refractivity contribution in [3.8, 4) is 0 Å². The highest BCUT2D eigenvalue weighted by Crippen LogP contribution is 2.37. The van der Waals surface area contributed by atoms with Gasteiger partial charge in [0.05, 0.1) is 11.2 Å². The maximum Gasteiger partial charge on any atom is 0.495 e. The molecule has 0 atom stereocenters. The Kier molecular flexibility index (Phi) is 3.98. The Morgan fingerprint density at radius 3 is 2.26 bits per heavy atom. The molecule has 0 amide bonds. The quantitative estimate of drug-likeness (QED) is 0.864. The predicted molar refractivity (Wildman–Crippen MR) is 78.0 cm³/mol. The average Bonchev–Trinajstić information content (AvgIpc) is 2.51. The van der Waals surface area contributed by atoms with E-state index in [4.69, 9.17) is 20.9 Å². The van der Waals surface area contributed by atoms with Crippen molar-refractivity contribution in [2.75, 3.05) is 6.61 Å². The van der Waals surface area contributed by atoms with Crippen LogP contribution in [0.25, 0.3) is 0 Å². The summed E-state index contributed by atoms with van der Waals surface area (Å²) in [6.07, 6.45) is 0.499. The molecule has 1 saturated heterocycles. The lowest BCUT2D eigenvalue weighted by molar-refractivity contribution is 0.00578. The summed E-state index contributed by atoms with van der Waals surface area (Å²) in [6, 6.07) is 5.64. The van der Waals surface area contributed by atoms with Crippen molar-refractivity contribution in [3.63, 3.8) is 0 Å². The van der Waals surface area contributed by atoms with Gasteiger partial charge in [0.2, 0.25) is 0 Å². The summed E-state index contributed by atoms with van der Waals surface area (Å²) in [4.78, 5) is 0. The molecule has 1 N–H and O–H groups in total. The van der Waals surface area contributed by atoms with Crippen LogP contribution in [0.3, 0.4) is 0 Å². The van der Waals surface area contributed by atoms with Gasteiger partial charge in [-0.05, 0) is 51.2 Å². The molecule has 0 aromatic heterocycles. The highest BCUT2D eigenvalue weighted by Gasteiger charge is 2.52. The van der Waals surface area contributed by atoms with E-state index in [1.807, 2.05) is 45.9 Å². The Balaban J connectivity index is 2.37. The summed E-state index contributed by atoms with van der Waals surface area (Å²) < 4.78 is 12.1. The van der Waals surface area contributed by atoms with Crippen LogP contribution in [-0.4, -0.2) is 30.0 Å². The molecule has 1 heterocycles. The molecular weight excluding hydrogens is 262 g/mol. The number of rotatable bonds is 3. The fraction of sp³-hybridized carbons (Fsp3) is 0.571. The van der Waals surface area contributed by atoms with Crippen molar-refractivity contribution in [1.29, 1.82) is 0 Å². The lowest BCUT2D eigenvalue weighted by Crippen LogP contribution is -2.41. The van der Waals surface area contributed by atoms with E-state index in [0.717, 1.165) is 11.0 Å². The fourth-order valence-corrected chi connectivity index (χ4v) is 2.42. The van der Waals surface area contributed by atoms with Gasteiger partial charge < -0.3 is 14.4 Å². The van der Waals surface area contributed by atoms with Crippen LogP contribution in [0.5, 0.6) is 0 Å². The van der Waals surface area contributed by atoms with Gasteiger partial charge in [-0.2, -0.15) is 0 Å². The van der Waals surface area contributed by atoms with Gasteiger partial charge >= 0.3 is 7.12 Å². The summed E-state index contributed by atoms with van der Waals surface area (Å²) in [5, 5.41) is 9.82. The van der Waals surface area contributed by atoms with Gasteiger partial charge in [0, 0.05) is 11.6 Å². The highest BCUT2D eigenvalue weighted by atomic mass is 35.5. The molecule has 2 rings (SSSR count). The molecule has 0 saturated carbocycles. The molecule has 1 aromatic carbocycles. The molecule has 0 unspecified atom stereocenters. The van der Waals surface area contributed by atoms with Gasteiger partial charge in [0.15, 0.2) is 0 Å². The van der Waals surface area contributed by atoms with Crippen LogP contribution in [0.15, 0.2) is 18.2 Å². The Hall–Kier alpha value is -0.545. The third-order valence-electron chi connectivity index (χ3n) is 4.02. The lowest BCUT2D eigenvalue weighted by Gasteiger charge is -2.32. The van der Waals surface area contributed by atoms with E-state index in [1.165, 1.54) is 0 Å². The van der Waals surface area contributed by atoms with Crippen molar-refractivity contribution >= 4 is 24.2 Å². The lowest BCUT2D eigenvalue weighted by atomic mass is 9.75. The van der Waals surface area contributed by atoms with Crippen LogP contribution < -0.4 is 5.46 Å². The summed E-state index contributed by atoms with van der Waals surface area (Å²) in [5.74, 6) is 0. The summed E-state index contributed by atoms with van der Waals surface area (Å²) in [7, 11) is -0.440. The Morgan fingerprint density at radius 2 is 1.74 bits per heavy atom. The van der Waals surface area contributed by atoms with Crippen LogP contribution in [0.2, 0.25) is 5.02 Å². The van der Waals surface area contributed by atoms with Crippen molar-refractivity contribution in [2.24, 2.45) is 0 Å². The minimum atomic E-state index is -0.440. The maximum absolute atomic E-state index is 9.18. The summed E-state index contributed by atoms with van der Waals surface area (Å²) in [5.41, 5.74) is 1.04. The van der Waals surface area contributed by atoms with Crippen molar-refractivity contribution in [2.45, 2.75) is 45.3 Å². The molecule has 0 spiro atoms. The van der Waals surface area contributed by atoms with Gasteiger partial charge in [-0.1, -0.05) is 23.7 Å². The van der Waals surface area contributed by atoms with Crippen LogP contribution in [0, 0.1) is 0 Å². The minimum Gasteiger partial charge on any atom is -0.399 e. The number of hydrogen-bond donors (Lipinski definition) is 1. The summed E-state index contributed by atoms with van der Waals surface area (Å²) in [6.45, 7) is 8.12. The molecule has 1 fully saturated rings. The standard InChI is InChI=1S/C14H20BClO3/c1-13(2)14(3,4)19-15(18-13)11-6-5-7-12(16)10(11)8-9-17/h5-7,17H,8-9H2,1-4H3. The molecule has 5 heteroatoms. The monoisotopic (exact) mass is 282 g/mol. The predicted octanol–water partition coefficient (Wildman–Crippen LogP) is 2.17. The second-order valence-corrected chi connectivity index (χ2v) is 6.28. The van der Waals surface area contributed by atoms with E-state index < -0.39 is 7.12 Å². The molecular formula is C14H20BClO3. The van der Waals surface area contributed by atoms with Gasteiger partial charge in [-0.3, -0.25) is 0 Å². The Morgan fingerprint density at radius 1 is 1.16 bits per heavy atom. The number of benzene rings is 1. The summed E-state index contributed by atoms with van der Waals surface area (Å²) >= 11 is 6.21. The van der Waals surface area contributed by atoms with Gasteiger partial charge in [-0.15, -0.1) is 0 Å². The van der Waals surface area contributed by atoms with Crippen molar-refractivity contribution in [3.05, 3.63) is 28.8 Å². The molecule has 1 aliphatic heterocycles. The van der Waals surface area contributed by atoms with Crippen molar-refractivity contribution in [1.82, 2.24) is 0 Å². The smallest absolute Gasteiger partial charge is 0.399 e. The zero-order valence-corrected chi connectivity index (χ0v) is 12.6. The van der Waals surface area contributed by atoms with E-state index in [9.17, 15) is 5.11 Å². The molecule has 1 aromatic rings. The first-order chi connectivity index (χ1) is 8.78. The SMILES string of the molecule is CC1(C)OB(c2cccc(Cl)c2CCO)OC1(C)C. The second-order valence-electron chi connectivity index (χ2n) is 5.87. The largest absolute Gasteiger partial charge is 0.495 e. The zero-order chi connectivity index (χ0) is 14.3. The first-order valence-corrected chi connectivity index (χ1v) is 6.90. The Labute approximate surface area is 120 Å². The maximum atomic E-state index is 9.18. The molecule has 3 nitrogen and oxygen atoms in total. The van der Waals surface area contributed by atoms with Gasteiger partial charge in [0.1, 0.15) is 0 Å². The molecule has 0 radical (unpaired) electrons. The zero-order valence-electron chi connectivity index (χ0n) is 11.9. The molecule has 0 aliphatic carbocycles. The molecule has 0 bridgehead atoms. The normalized spacial score (nSPS) is 20.8. The average molecular weight is 283 g/mol. The molecule has 1 aliphatic rings. The van der Waals surface area contributed by atoms with Crippen LogP contribution in [-0.2, 0) is 15.7 Å². The van der Waals surface area contributed by atoms with Crippen LogP contribution >= 0.6 is 11.6 Å². The Bertz CT molecular complexity index is 458. The number of hydrogen-bond acceptors (Lipinski definition) is 3. The van der Waals surface area contributed by atoms with E-state index in [2.05, 4.69) is 0 Å². The van der Waals surface area contributed by atoms with Crippen molar-refractivity contribution < 1.29 is 14.4 Å². The van der Waals surface area contributed by atoms with Crippen LogP contribution in [0.1, 0.15) is 33.3 Å². The van der Waals surface area contributed by atoms with Gasteiger partial charge in [0.25, 0.3) is 0 Å². The number of aliphatic hydroxyl groups excluding tert-OH is 1. The molecule has 104 valence electrons. The topological polar surface area (TPSA) is 38.7 Å². The van der Waals surface area contributed by atoms with Gasteiger partial charge in [-0.25, -0.2) is 0 Å². The third-order valence-corrected chi connectivity index (χ3v) is 4.38. The van der Waals surface area contributed by atoms with E-state index in [-0.39, 0.29) is 17.8 Å². The first kappa shape index (κ1) is 14.9. The van der Waals surface area contributed by atoms with E-state index in [0.29, 0.717) is 11.4 Å². The third kappa shape index (κ3) is 2.68. The van der Waals surface area contributed by atoms with E-state index >= 15 is 0 Å². The minimum absolute atomic E-state index is 0.0518. The van der Waals surface area contributed by atoms with E-state index in [1.54, 1.807) is 0 Å². The highest BCUT2D eigenvalue weighted by molar-refractivity contribution is 6.63. The molecule has 19 heavy (non-hydrogen) atoms. The first-order valence-electron chi connectivity index (χ1n) is 6.52.